The maximum Gasteiger partial charge on any atom is 0.229 e. The van der Waals surface area contributed by atoms with Crippen LogP contribution >= 0.6 is 10.0 Å². The summed E-state index contributed by atoms with van der Waals surface area (Å²) >= 11 is 0. The van der Waals surface area contributed by atoms with Crippen LogP contribution in [0.3, 0.4) is 0 Å². The van der Waals surface area contributed by atoms with E-state index in [9.17, 15) is 0 Å². The van der Waals surface area contributed by atoms with Gasteiger partial charge in [-0.15, -0.1) is 0 Å². The van der Waals surface area contributed by atoms with Crippen molar-refractivity contribution in [3.05, 3.63) is 72.1 Å². The highest BCUT2D eigenvalue weighted by Crippen LogP contribution is 2.41. The summed E-state index contributed by atoms with van der Waals surface area (Å²) in [5, 5.41) is 3.96. The predicted octanol–water partition coefficient (Wildman–Crippen LogP) is 6.11. The fourth-order valence-corrected chi connectivity index (χ4v) is 6.14. The van der Waals surface area contributed by atoms with Crippen LogP contribution in [0.2, 0.25) is 0 Å². The Morgan fingerprint density at radius 3 is 2.35 bits per heavy atom. The second kappa shape index (κ2) is 10.3. The van der Waals surface area contributed by atoms with Gasteiger partial charge >= 0.3 is 0 Å². The van der Waals surface area contributed by atoms with Gasteiger partial charge in [-0.3, -0.25) is 4.90 Å². The van der Waals surface area contributed by atoms with Crippen molar-refractivity contribution in [3.8, 4) is 11.4 Å². The fraction of sp³-hybridized carbons (Fsp3) is 0.357. The van der Waals surface area contributed by atoms with Gasteiger partial charge in [-0.25, -0.2) is 23.8 Å². The summed E-state index contributed by atoms with van der Waals surface area (Å²) in [6, 6.07) is 12.1. The highest BCUT2D eigenvalue weighted by Gasteiger charge is 2.23. The molecule has 1 fully saturated rings. The Bertz CT molecular complexity index is 1370. The summed E-state index contributed by atoms with van der Waals surface area (Å²) in [5.41, 5.74) is 1.87. The number of ether oxygens (including phenoxy) is 1. The van der Waals surface area contributed by atoms with Gasteiger partial charge in [-0.1, -0.05) is 0 Å². The zero-order valence-corrected chi connectivity index (χ0v) is 22.5. The number of aromatic nitrogens is 3. The van der Waals surface area contributed by atoms with E-state index >= 15 is 8.78 Å². The van der Waals surface area contributed by atoms with Crippen LogP contribution < -0.4 is 10.1 Å². The molecule has 0 saturated carbocycles. The maximum absolute atomic E-state index is 15.2. The molecule has 5 rings (SSSR count). The topological polar surface area (TPSA) is 55.2 Å². The van der Waals surface area contributed by atoms with Gasteiger partial charge in [-0.05, 0) is 80.3 Å². The van der Waals surface area contributed by atoms with Gasteiger partial charge in [0.1, 0.15) is 23.0 Å². The number of hydrogen-bond donors (Lipinski definition) is 1. The lowest BCUT2D eigenvalue weighted by Gasteiger charge is -2.41. The third-order valence-electron chi connectivity index (χ3n) is 6.62. The summed E-state index contributed by atoms with van der Waals surface area (Å²) in [4.78, 5) is 11.2. The molecular formula is C28H33F2N5OS. The first-order chi connectivity index (χ1) is 17.7. The molecule has 1 aliphatic heterocycles. The number of halogens is 2. The first-order valence-corrected chi connectivity index (χ1v) is 15.2. The minimum atomic E-state index is -0.571. The molecule has 6 nitrogen and oxygen atoms in total. The van der Waals surface area contributed by atoms with E-state index in [4.69, 9.17) is 4.74 Å². The summed E-state index contributed by atoms with van der Waals surface area (Å²) in [5.74, 6) is 2.31. The molecule has 196 valence electrons. The van der Waals surface area contributed by atoms with E-state index in [2.05, 4.69) is 32.7 Å². The Hall–Kier alpha value is -3.17. The first kappa shape index (κ1) is 25.5. The zero-order chi connectivity index (χ0) is 26.2. The second-order valence-electron chi connectivity index (χ2n) is 10.3. The highest BCUT2D eigenvalue weighted by molar-refractivity contribution is 8.32. The molecule has 1 N–H and O–H groups in total. The number of nitrogens with one attached hydrogen (secondary N) is 1. The molecule has 0 unspecified atom stereocenters. The molecule has 0 atom stereocenters. The van der Waals surface area contributed by atoms with Crippen LogP contribution in [0.25, 0.3) is 16.7 Å². The Morgan fingerprint density at radius 2 is 1.70 bits per heavy atom. The molecule has 0 radical (unpaired) electrons. The molecule has 0 amide bonds. The Kier molecular flexibility index (Phi) is 7.09. The van der Waals surface area contributed by atoms with Crippen LogP contribution in [0, 0.1) is 11.6 Å². The van der Waals surface area contributed by atoms with Crippen molar-refractivity contribution in [1.29, 1.82) is 0 Å². The number of fused-ring (bicyclic) bond motifs is 1. The van der Waals surface area contributed by atoms with Crippen molar-refractivity contribution in [2.24, 2.45) is 0 Å². The van der Waals surface area contributed by atoms with E-state index in [0.29, 0.717) is 17.3 Å². The normalized spacial score (nSPS) is 16.7. The highest BCUT2D eigenvalue weighted by atomic mass is 32.3. The van der Waals surface area contributed by atoms with E-state index < -0.39 is 21.7 Å². The Morgan fingerprint density at radius 1 is 1.03 bits per heavy atom. The molecular weight excluding hydrogens is 492 g/mol. The van der Waals surface area contributed by atoms with Crippen LogP contribution in [0.4, 0.5) is 20.4 Å². The molecule has 3 heterocycles. The maximum atomic E-state index is 15.2. The van der Waals surface area contributed by atoms with E-state index in [-0.39, 0.29) is 18.2 Å². The van der Waals surface area contributed by atoms with Crippen LogP contribution in [-0.4, -0.2) is 62.6 Å². The quantitative estimate of drug-likeness (QED) is 0.316. The second-order valence-corrected chi connectivity index (χ2v) is 14.7. The van der Waals surface area contributed by atoms with Crippen molar-refractivity contribution in [1.82, 2.24) is 19.4 Å². The molecule has 0 spiro atoms. The molecule has 0 bridgehead atoms. The predicted molar refractivity (Wildman–Crippen MR) is 149 cm³/mol. The zero-order valence-electron chi connectivity index (χ0n) is 21.7. The Labute approximate surface area is 218 Å². The van der Waals surface area contributed by atoms with Gasteiger partial charge in [0.15, 0.2) is 0 Å². The average molecular weight is 526 g/mol. The lowest BCUT2D eigenvalue weighted by molar-refractivity contribution is 0.242. The number of nitrogens with zero attached hydrogens (tertiary/aromatic N) is 4. The van der Waals surface area contributed by atoms with Crippen LogP contribution in [-0.2, 0) is 6.54 Å². The van der Waals surface area contributed by atoms with Gasteiger partial charge in [0.2, 0.25) is 5.95 Å². The smallest absolute Gasteiger partial charge is 0.229 e. The SMILES string of the molecule is CC(C)Oc1ccc(Nc2ncc3ccn(-c4cc(F)c(CN5CCS(C)(C)CC5)c(F)c4)c3n2)cc1. The molecule has 1 aliphatic rings. The third-order valence-corrected chi connectivity index (χ3v) is 9.19. The largest absolute Gasteiger partial charge is 0.491 e. The monoisotopic (exact) mass is 525 g/mol. The fourth-order valence-electron chi connectivity index (χ4n) is 4.43. The minimum absolute atomic E-state index is 0.0964. The van der Waals surface area contributed by atoms with Crippen molar-refractivity contribution >= 4 is 32.7 Å². The van der Waals surface area contributed by atoms with E-state index in [0.717, 1.165) is 41.4 Å². The van der Waals surface area contributed by atoms with Crippen LogP contribution in [0.15, 0.2) is 54.9 Å². The summed E-state index contributed by atoms with van der Waals surface area (Å²) in [7, 11) is -0.571. The lowest BCUT2D eigenvalue weighted by Crippen LogP contribution is -2.37. The summed E-state index contributed by atoms with van der Waals surface area (Å²) in [6.07, 6.45) is 8.19. The standard InChI is InChI=1S/C28H33F2N5OS/c1-19(2)36-23-7-5-21(6-8-23)32-28-31-17-20-9-10-35(27(20)33-28)22-15-25(29)24(26(30)16-22)18-34-11-13-37(3,4)14-12-34/h5-10,15-17,19H,11-14,18H2,1-4H3,(H,31,32,33). The molecule has 37 heavy (non-hydrogen) atoms. The molecule has 9 heteroatoms. The van der Waals surface area contributed by atoms with Gasteiger partial charge < -0.3 is 14.6 Å². The van der Waals surface area contributed by atoms with E-state index in [1.165, 1.54) is 12.1 Å². The van der Waals surface area contributed by atoms with Crippen molar-refractivity contribution < 1.29 is 13.5 Å². The van der Waals surface area contributed by atoms with Gasteiger partial charge in [-0.2, -0.15) is 4.98 Å². The van der Waals surface area contributed by atoms with Crippen molar-refractivity contribution in [3.63, 3.8) is 0 Å². The molecule has 2 aromatic heterocycles. The number of hydrogen-bond acceptors (Lipinski definition) is 5. The summed E-state index contributed by atoms with van der Waals surface area (Å²) in [6.45, 7) is 6.01. The molecule has 1 saturated heterocycles. The summed E-state index contributed by atoms with van der Waals surface area (Å²) < 4.78 is 37.7. The first-order valence-electron chi connectivity index (χ1n) is 12.4. The van der Waals surface area contributed by atoms with Gasteiger partial charge in [0, 0.05) is 48.7 Å². The van der Waals surface area contributed by atoms with Gasteiger partial charge in [0.25, 0.3) is 0 Å². The number of benzene rings is 2. The molecule has 2 aromatic carbocycles. The van der Waals surface area contributed by atoms with E-state index in [1.54, 1.807) is 17.0 Å². The molecule has 4 aromatic rings. The average Bonchev–Trinajstić information content (AvgIpc) is 3.26. The number of rotatable bonds is 7. The van der Waals surface area contributed by atoms with E-state index in [1.807, 2.05) is 44.2 Å². The van der Waals surface area contributed by atoms with Crippen LogP contribution in [0.5, 0.6) is 5.75 Å². The van der Waals surface area contributed by atoms with Crippen molar-refractivity contribution in [2.75, 3.05) is 42.4 Å². The lowest BCUT2D eigenvalue weighted by atomic mass is 10.1. The van der Waals surface area contributed by atoms with Crippen LogP contribution in [0.1, 0.15) is 19.4 Å². The molecule has 0 aliphatic carbocycles. The van der Waals surface area contributed by atoms with Gasteiger partial charge in [0.05, 0.1) is 11.8 Å². The third kappa shape index (κ3) is 5.88. The minimum Gasteiger partial charge on any atom is -0.491 e. The Balaban J connectivity index is 1.37. The van der Waals surface area contributed by atoms with Crippen molar-refractivity contribution in [2.45, 2.75) is 26.5 Å². The number of anilines is 2.